The maximum atomic E-state index is 5.73. The van der Waals surface area contributed by atoms with Crippen LogP contribution in [0, 0.1) is 0 Å². The van der Waals surface area contributed by atoms with E-state index < -0.39 is 0 Å². The van der Waals surface area contributed by atoms with E-state index in [-0.39, 0.29) is 5.60 Å². The first-order valence-corrected chi connectivity index (χ1v) is 7.33. The first kappa shape index (κ1) is 11.6. The van der Waals surface area contributed by atoms with Crippen LogP contribution >= 0.6 is 11.3 Å². The predicted molar refractivity (Wildman–Crippen MR) is 69.4 cm³/mol. The largest absolute Gasteiger partial charge is 0.371 e. The molecule has 0 saturated heterocycles. The zero-order chi connectivity index (χ0) is 11.9. The predicted octanol–water partition coefficient (Wildman–Crippen LogP) is 2.77. The van der Waals surface area contributed by atoms with Crippen molar-refractivity contribution >= 4 is 11.3 Å². The van der Waals surface area contributed by atoms with Gasteiger partial charge >= 0.3 is 0 Å². The number of aromatic nitrogens is 1. The fraction of sp³-hybridized carbons (Fsp3) is 0.769. The van der Waals surface area contributed by atoms with Crippen molar-refractivity contribution in [1.29, 1.82) is 0 Å². The second kappa shape index (κ2) is 4.34. The van der Waals surface area contributed by atoms with Crippen LogP contribution in [-0.2, 0) is 16.8 Å². The summed E-state index contributed by atoms with van der Waals surface area (Å²) in [6.45, 7) is 0. The summed E-state index contributed by atoms with van der Waals surface area (Å²) < 4.78 is 5.73. The van der Waals surface area contributed by atoms with E-state index in [9.17, 15) is 0 Å². The number of nitrogens with zero attached hydrogens (tertiary/aromatic N) is 1. The molecule has 2 aliphatic rings. The third-order valence-electron chi connectivity index (χ3n) is 4.24. The van der Waals surface area contributed by atoms with Gasteiger partial charge in [0.25, 0.3) is 0 Å². The number of aryl methyl sites for hydroxylation is 1. The molecule has 2 aliphatic carbocycles. The molecule has 0 amide bonds. The van der Waals surface area contributed by atoms with Crippen molar-refractivity contribution in [3.8, 4) is 0 Å². The Bertz CT molecular complexity index is 406. The highest BCUT2D eigenvalue weighted by atomic mass is 32.1. The zero-order valence-electron chi connectivity index (χ0n) is 10.6. The Labute approximate surface area is 107 Å². The number of ether oxygens (including phenoxy) is 1. The maximum absolute atomic E-state index is 5.73. The molecular formula is C13H20N2OS. The van der Waals surface area contributed by atoms with E-state index in [2.05, 4.69) is 5.32 Å². The quantitative estimate of drug-likeness (QED) is 0.898. The van der Waals surface area contributed by atoms with E-state index in [1.807, 2.05) is 25.5 Å². The van der Waals surface area contributed by atoms with Crippen LogP contribution in [0.3, 0.4) is 0 Å². The van der Waals surface area contributed by atoms with Crippen molar-refractivity contribution in [2.45, 2.75) is 50.2 Å². The van der Waals surface area contributed by atoms with Crippen LogP contribution in [0.1, 0.15) is 53.7 Å². The molecule has 0 spiro atoms. The third-order valence-corrected chi connectivity index (χ3v) is 5.56. The van der Waals surface area contributed by atoms with Crippen molar-refractivity contribution in [1.82, 2.24) is 10.3 Å². The first-order valence-electron chi connectivity index (χ1n) is 6.51. The summed E-state index contributed by atoms with van der Waals surface area (Å²) in [5.74, 6) is 0. The molecule has 1 aromatic rings. The molecule has 4 heteroatoms. The van der Waals surface area contributed by atoms with Crippen LogP contribution in [0.2, 0.25) is 0 Å². The topological polar surface area (TPSA) is 34.1 Å². The van der Waals surface area contributed by atoms with Gasteiger partial charge in [0.1, 0.15) is 10.6 Å². The van der Waals surface area contributed by atoms with Crippen LogP contribution in [0.25, 0.3) is 0 Å². The highest BCUT2D eigenvalue weighted by Gasteiger charge is 2.42. The van der Waals surface area contributed by atoms with Gasteiger partial charge in [-0.25, -0.2) is 4.98 Å². The second-order valence-corrected chi connectivity index (χ2v) is 6.20. The molecule has 3 rings (SSSR count). The SMILES string of the molecule is CNC1CCCc2sc(C3(OC)CCC3)nc21. The Morgan fingerprint density at radius 2 is 2.24 bits per heavy atom. The molecule has 1 N–H and O–H groups in total. The molecular weight excluding hydrogens is 232 g/mol. The summed E-state index contributed by atoms with van der Waals surface area (Å²) in [5.41, 5.74) is 1.25. The summed E-state index contributed by atoms with van der Waals surface area (Å²) in [7, 11) is 3.86. The molecule has 0 aliphatic heterocycles. The minimum absolute atomic E-state index is 0.0414. The van der Waals surface area contributed by atoms with Crippen molar-refractivity contribution < 1.29 is 4.74 Å². The van der Waals surface area contributed by atoms with E-state index in [1.54, 1.807) is 0 Å². The average molecular weight is 252 g/mol. The minimum Gasteiger partial charge on any atom is -0.371 e. The van der Waals surface area contributed by atoms with Crippen LogP contribution in [0.5, 0.6) is 0 Å². The number of thiazole rings is 1. The Morgan fingerprint density at radius 1 is 1.41 bits per heavy atom. The Morgan fingerprint density at radius 3 is 2.82 bits per heavy atom. The molecule has 0 radical (unpaired) electrons. The highest BCUT2D eigenvalue weighted by Crippen LogP contribution is 2.47. The molecule has 1 unspecified atom stereocenters. The smallest absolute Gasteiger partial charge is 0.125 e. The van der Waals surface area contributed by atoms with Crippen molar-refractivity contribution in [2.75, 3.05) is 14.2 Å². The number of fused-ring (bicyclic) bond motifs is 1. The molecule has 17 heavy (non-hydrogen) atoms. The summed E-state index contributed by atoms with van der Waals surface area (Å²) in [4.78, 5) is 6.38. The molecule has 0 aromatic carbocycles. The van der Waals surface area contributed by atoms with Gasteiger partial charge in [0, 0.05) is 12.0 Å². The highest BCUT2D eigenvalue weighted by molar-refractivity contribution is 7.11. The van der Waals surface area contributed by atoms with E-state index in [0.29, 0.717) is 6.04 Å². The van der Waals surface area contributed by atoms with Crippen LogP contribution in [0.4, 0.5) is 0 Å². The van der Waals surface area contributed by atoms with Gasteiger partial charge in [-0.1, -0.05) is 0 Å². The normalized spacial score (nSPS) is 26.4. The fourth-order valence-corrected chi connectivity index (χ4v) is 4.29. The number of rotatable bonds is 3. The van der Waals surface area contributed by atoms with Gasteiger partial charge in [-0.15, -0.1) is 11.3 Å². The molecule has 94 valence electrons. The second-order valence-electron chi connectivity index (χ2n) is 5.11. The zero-order valence-corrected chi connectivity index (χ0v) is 11.4. The van der Waals surface area contributed by atoms with Gasteiger partial charge in [-0.2, -0.15) is 0 Å². The van der Waals surface area contributed by atoms with E-state index in [1.165, 1.54) is 41.3 Å². The van der Waals surface area contributed by atoms with E-state index in [4.69, 9.17) is 9.72 Å². The molecule has 1 atom stereocenters. The van der Waals surface area contributed by atoms with Crippen molar-refractivity contribution in [3.05, 3.63) is 15.6 Å². The molecule has 3 nitrogen and oxygen atoms in total. The number of hydrogen-bond donors (Lipinski definition) is 1. The Hall–Kier alpha value is -0.450. The molecule has 1 heterocycles. The van der Waals surface area contributed by atoms with Gasteiger partial charge in [0.2, 0.25) is 0 Å². The monoisotopic (exact) mass is 252 g/mol. The molecule has 1 aromatic heterocycles. The number of methoxy groups -OCH3 is 1. The minimum atomic E-state index is -0.0414. The lowest BCUT2D eigenvalue weighted by atomic mass is 9.80. The standard InChI is InChI=1S/C13H20N2OS/c1-14-9-5-3-6-10-11(9)15-12(17-10)13(16-2)7-4-8-13/h9,14H,3-8H2,1-2H3. The van der Waals surface area contributed by atoms with Gasteiger partial charge < -0.3 is 10.1 Å². The van der Waals surface area contributed by atoms with Crippen molar-refractivity contribution in [3.63, 3.8) is 0 Å². The molecule has 1 saturated carbocycles. The van der Waals surface area contributed by atoms with E-state index in [0.717, 1.165) is 12.8 Å². The number of hydrogen-bond acceptors (Lipinski definition) is 4. The first-order chi connectivity index (χ1) is 8.29. The van der Waals surface area contributed by atoms with Gasteiger partial charge in [-0.05, 0) is 45.6 Å². The lowest BCUT2D eigenvalue weighted by molar-refractivity contribution is -0.0780. The summed E-state index contributed by atoms with van der Waals surface area (Å²) in [5, 5.41) is 4.60. The van der Waals surface area contributed by atoms with Gasteiger partial charge in [-0.3, -0.25) is 0 Å². The van der Waals surface area contributed by atoms with Crippen LogP contribution in [-0.4, -0.2) is 19.1 Å². The fourth-order valence-electron chi connectivity index (χ4n) is 2.90. The molecule has 0 bridgehead atoms. The molecule has 1 fully saturated rings. The maximum Gasteiger partial charge on any atom is 0.125 e. The van der Waals surface area contributed by atoms with Crippen molar-refractivity contribution in [2.24, 2.45) is 0 Å². The Kier molecular flexibility index (Phi) is 2.97. The van der Waals surface area contributed by atoms with Crippen LogP contribution in [0.15, 0.2) is 0 Å². The lowest BCUT2D eigenvalue weighted by Gasteiger charge is -2.38. The summed E-state index contributed by atoms with van der Waals surface area (Å²) in [6.07, 6.45) is 7.24. The van der Waals surface area contributed by atoms with Crippen LogP contribution < -0.4 is 5.32 Å². The van der Waals surface area contributed by atoms with E-state index >= 15 is 0 Å². The van der Waals surface area contributed by atoms with Gasteiger partial charge in [0.05, 0.1) is 11.7 Å². The Balaban J connectivity index is 1.95. The summed E-state index contributed by atoms with van der Waals surface area (Å²) in [6, 6.07) is 0.456. The number of nitrogens with one attached hydrogen (secondary N) is 1. The average Bonchev–Trinajstić information content (AvgIpc) is 2.71. The summed E-state index contributed by atoms with van der Waals surface area (Å²) >= 11 is 1.89. The lowest BCUT2D eigenvalue weighted by Crippen LogP contribution is -2.36. The third kappa shape index (κ3) is 1.74. The van der Waals surface area contributed by atoms with Gasteiger partial charge in [0.15, 0.2) is 0 Å².